The Morgan fingerprint density at radius 3 is 2.61 bits per heavy atom. The molecule has 0 atom stereocenters. The van der Waals surface area contributed by atoms with E-state index < -0.39 is 0 Å². The number of hydrogen-bond donors (Lipinski definition) is 2. The van der Waals surface area contributed by atoms with Gasteiger partial charge in [0, 0.05) is 19.7 Å². The fourth-order valence-corrected chi connectivity index (χ4v) is 1.74. The van der Waals surface area contributed by atoms with Crippen LogP contribution < -0.4 is 10.2 Å². The summed E-state index contributed by atoms with van der Waals surface area (Å²) in [4.78, 5) is 10.8. The van der Waals surface area contributed by atoms with Gasteiger partial charge in [0.1, 0.15) is 11.6 Å². The third-order valence-corrected chi connectivity index (χ3v) is 3.42. The molecule has 2 N–H and O–H groups in total. The minimum Gasteiger partial charge on any atom is -0.394 e. The summed E-state index contributed by atoms with van der Waals surface area (Å²) in [7, 11) is 1.93. The molecule has 18 heavy (non-hydrogen) atoms. The number of nitrogens with one attached hydrogen (secondary N) is 1. The van der Waals surface area contributed by atoms with E-state index in [4.69, 9.17) is 0 Å². The molecule has 102 valence electrons. The van der Waals surface area contributed by atoms with Crippen LogP contribution in [0.1, 0.15) is 20.8 Å². The Kier molecular flexibility index (Phi) is 5.22. The molecule has 1 aromatic rings. The lowest BCUT2D eigenvalue weighted by molar-refractivity contribution is 0.215. The van der Waals surface area contributed by atoms with Crippen molar-refractivity contribution < 1.29 is 5.11 Å². The minimum absolute atomic E-state index is 0.0681. The predicted octanol–water partition coefficient (Wildman–Crippen LogP) is 1.84. The molecular formula is C12H22N4OS. The fraction of sp³-hybridized carbons (Fsp3) is 0.667. The molecule has 0 aliphatic carbocycles. The molecule has 0 amide bonds. The van der Waals surface area contributed by atoms with Gasteiger partial charge < -0.3 is 15.3 Å². The van der Waals surface area contributed by atoms with Crippen LogP contribution in [0.15, 0.2) is 11.2 Å². The molecule has 0 fully saturated rings. The second-order valence-corrected chi connectivity index (χ2v) is 5.43. The molecular weight excluding hydrogens is 248 g/mol. The second kappa shape index (κ2) is 6.24. The number of aliphatic hydroxyl groups excluding tert-OH is 1. The van der Waals surface area contributed by atoms with Gasteiger partial charge in [0.05, 0.1) is 12.1 Å². The van der Waals surface area contributed by atoms with Crippen molar-refractivity contribution in [3.63, 3.8) is 0 Å². The van der Waals surface area contributed by atoms with Crippen LogP contribution in [0, 0.1) is 0 Å². The van der Waals surface area contributed by atoms with Crippen molar-refractivity contribution in [2.45, 2.75) is 31.5 Å². The summed E-state index contributed by atoms with van der Waals surface area (Å²) >= 11 is 1.51. The molecule has 1 heterocycles. The van der Waals surface area contributed by atoms with E-state index in [1.165, 1.54) is 11.8 Å². The Morgan fingerprint density at radius 1 is 1.44 bits per heavy atom. The van der Waals surface area contributed by atoms with Crippen molar-refractivity contribution in [1.29, 1.82) is 0 Å². The quantitative estimate of drug-likeness (QED) is 0.607. The van der Waals surface area contributed by atoms with Gasteiger partial charge in [-0.25, -0.2) is 9.97 Å². The van der Waals surface area contributed by atoms with Crippen LogP contribution in [0.2, 0.25) is 0 Å². The third-order valence-electron chi connectivity index (χ3n) is 2.87. The van der Waals surface area contributed by atoms with Crippen LogP contribution in [-0.4, -0.2) is 47.1 Å². The number of nitrogens with zero attached hydrogens (tertiary/aromatic N) is 3. The summed E-state index contributed by atoms with van der Waals surface area (Å²) in [6.45, 7) is 6.86. The highest BCUT2D eigenvalue weighted by atomic mass is 32.2. The van der Waals surface area contributed by atoms with Crippen LogP contribution in [0.5, 0.6) is 0 Å². The first-order valence-electron chi connectivity index (χ1n) is 5.96. The van der Waals surface area contributed by atoms with E-state index in [9.17, 15) is 5.11 Å². The summed E-state index contributed by atoms with van der Waals surface area (Å²) in [6.07, 6.45) is 1.95. The van der Waals surface area contributed by atoms with E-state index in [1.807, 2.05) is 45.0 Å². The Morgan fingerprint density at radius 2 is 2.11 bits per heavy atom. The molecule has 0 aromatic carbocycles. The Balaban J connectivity index is 3.11. The number of hydrogen-bond acceptors (Lipinski definition) is 6. The topological polar surface area (TPSA) is 61.3 Å². The fourth-order valence-electron chi connectivity index (χ4n) is 1.36. The Bertz CT molecular complexity index is 398. The predicted molar refractivity (Wildman–Crippen MR) is 77.5 cm³/mol. The van der Waals surface area contributed by atoms with Crippen molar-refractivity contribution >= 4 is 23.4 Å². The second-order valence-electron chi connectivity index (χ2n) is 4.66. The van der Waals surface area contributed by atoms with E-state index >= 15 is 0 Å². The summed E-state index contributed by atoms with van der Waals surface area (Å²) in [5, 5.41) is 13.3. The van der Waals surface area contributed by atoms with Gasteiger partial charge >= 0.3 is 0 Å². The van der Waals surface area contributed by atoms with Gasteiger partial charge in [0.2, 0.25) is 0 Å². The van der Waals surface area contributed by atoms with Gasteiger partial charge in [0.25, 0.3) is 0 Å². The number of rotatable bonds is 6. The molecule has 0 unspecified atom stereocenters. The van der Waals surface area contributed by atoms with E-state index in [0.29, 0.717) is 0 Å². The molecule has 6 heteroatoms. The van der Waals surface area contributed by atoms with Crippen LogP contribution in [0.3, 0.4) is 0 Å². The van der Waals surface area contributed by atoms with E-state index in [0.717, 1.165) is 23.3 Å². The molecule has 1 aromatic heterocycles. The molecule has 0 aliphatic heterocycles. The average molecular weight is 270 g/mol. The summed E-state index contributed by atoms with van der Waals surface area (Å²) < 4.78 is 0. The minimum atomic E-state index is -0.354. The van der Waals surface area contributed by atoms with Gasteiger partial charge in [-0.1, -0.05) is 11.8 Å². The van der Waals surface area contributed by atoms with Crippen molar-refractivity contribution in [3.05, 3.63) is 6.07 Å². The first kappa shape index (κ1) is 15.0. The highest BCUT2D eigenvalue weighted by Crippen LogP contribution is 2.24. The van der Waals surface area contributed by atoms with Crippen molar-refractivity contribution in [1.82, 2.24) is 9.97 Å². The molecule has 0 saturated carbocycles. The highest BCUT2D eigenvalue weighted by molar-refractivity contribution is 7.98. The highest BCUT2D eigenvalue weighted by Gasteiger charge is 2.24. The maximum atomic E-state index is 9.42. The molecule has 0 bridgehead atoms. The zero-order valence-corrected chi connectivity index (χ0v) is 12.5. The lowest BCUT2D eigenvalue weighted by Gasteiger charge is -2.35. The lowest BCUT2D eigenvalue weighted by Crippen LogP contribution is -2.44. The van der Waals surface area contributed by atoms with Gasteiger partial charge in [-0.2, -0.15) is 0 Å². The van der Waals surface area contributed by atoms with E-state index in [1.54, 1.807) is 0 Å². The SMILES string of the molecule is CCNc1cc(N(C)C(C)(C)CO)nc(SC)n1. The number of thioether (sulfide) groups is 1. The molecule has 0 aliphatic rings. The summed E-state index contributed by atoms with van der Waals surface area (Å²) in [5.74, 6) is 1.62. The van der Waals surface area contributed by atoms with E-state index in [-0.39, 0.29) is 12.1 Å². The standard InChI is InChI=1S/C12H22N4OS/c1-6-13-9-7-10(15-11(14-9)18-5)16(4)12(2,3)8-17/h7,17H,6,8H2,1-5H3,(H,13,14,15). The molecule has 5 nitrogen and oxygen atoms in total. The maximum Gasteiger partial charge on any atom is 0.191 e. The Labute approximate surface area is 113 Å². The largest absolute Gasteiger partial charge is 0.394 e. The first-order valence-corrected chi connectivity index (χ1v) is 7.18. The maximum absolute atomic E-state index is 9.42. The lowest BCUT2D eigenvalue weighted by atomic mass is 10.1. The van der Waals surface area contributed by atoms with Crippen LogP contribution >= 0.6 is 11.8 Å². The van der Waals surface area contributed by atoms with Gasteiger partial charge in [-0.05, 0) is 27.0 Å². The zero-order valence-electron chi connectivity index (χ0n) is 11.7. The molecule has 0 spiro atoms. The monoisotopic (exact) mass is 270 g/mol. The zero-order chi connectivity index (χ0) is 13.8. The Hall–Kier alpha value is -1.01. The normalized spacial score (nSPS) is 11.4. The molecule has 0 saturated heterocycles. The summed E-state index contributed by atoms with van der Waals surface area (Å²) in [5.41, 5.74) is -0.354. The van der Waals surface area contributed by atoms with Crippen LogP contribution in [0.4, 0.5) is 11.6 Å². The van der Waals surface area contributed by atoms with Crippen LogP contribution in [0.25, 0.3) is 0 Å². The van der Waals surface area contributed by atoms with Crippen molar-refractivity contribution in [2.75, 3.05) is 36.7 Å². The van der Waals surface area contributed by atoms with Gasteiger partial charge in [-0.15, -0.1) is 0 Å². The molecule has 0 radical (unpaired) electrons. The number of anilines is 2. The van der Waals surface area contributed by atoms with Gasteiger partial charge in [0.15, 0.2) is 5.16 Å². The average Bonchev–Trinajstić information content (AvgIpc) is 2.37. The van der Waals surface area contributed by atoms with E-state index in [2.05, 4.69) is 15.3 Å². The number of aliphatic hydroxyl groups is 1. The first-order chi connectivity index (χ1) is 8.44. The van der Waals surface area contributed by atoms with Crippen molar-refractivity contribution in [2.24, 2.45) is 0 Å². The summed E-state index contributed by atoms with van der Waals surface area (Å²) in [6, 6.07) is 1.90. The number of aromatic nitrogens is 2. The molecule has 1 rings (SSSR count). The third kappa shape index (κ3) is 3.49. The van der Waals surface area contributed by atoms with Gasteiger partial charge in [-0.3, -0.25) is 0 Å². The smallest absolute Gasteiger partial charge is 0.191 e. The van der Waals surface area contributed by atoms with Crippen molar-refractivity contribution in [3.8, 4) is 0 Å². The number of likely N-dealkylation sites (N-methyl/N-ethyl adjacent to an activating group) is 1. The van der Waals surface area contributed by atoms with Crippen LogP contribution in [-0.2, 0) is 0 Å².